The van der Waals surface area contributed by atoms with Crippen LogP contribution in [0.15, 0.2) is 36.5 Å². The zero-order valence-electron chi connectivity index (χ0n) is 6.70. The van der Waals surface area contributed by atoms with E-state index in [1.54, 1.807) is 0 Å². The molecular weight excluding hydrogens is 204 g/mol. The summed E-state index contributed by atoms with van der Waals surface area (Å²) in [7, 11) is 0. The van der Waals surface area contributed by atoms with E-state index in [2.05, 4.69) is 5.10 Å². The number of nitrogens with one attached hydrogen (secondary N) is 1. The van der Waals surface area contributed by atoms with Gasteiger partial charge in [-0.3, -0.25) is 9.78 Å². The summed E-state index contributed by atoms with van der Waals surface area (Å²) >= 11 is 10.8. The standard InChI is InChI=1S/C9H7ClN2S/c10-7-2-1-3-8(6-7)12-5-4-9(13)11-12/h1-6H,(H,11,13). The third-order valence-corrected chi connectivity index (χ3v) is 2.15. The summed E-state index contributed by atoms with van der Waals surface area (Å²) in [5.74, 6) is 0. The van der Waals surface area contributed by atoms with E-state index >= 15 is 0 Å². The third kappa shape index (κ3) is 1.82. The average Bonchev–Trinajstić information content (AvgIpc) is 2.52. The molecule has 1 aromatic carbocycles. The van der Waals surface area contributed by atoms with Crippen LogP contribution in [0, 0.1) is 4.64 Å². The maximum Gasteiger partial charge on any atom is 0.119 e. The highest BCUT2D eigenvalue weighted by molar-refractivity contribution is 7.71. The summed E-state index contributed by atoms with van der Waals surface area (Å²) in [5.41, 5.74) is 0.976. The Morgan fingerprint density at radius 2 is 2.15 bits per heavy atom. The molecule has 0 saturated carbocycles. The molecule has 2 rings (SSSR count). The van der Waals surface area contributed by atoms with Gasteiger partial charge in [-0.05, 0) is 24.3 Å². The van der Waals surface area contributed by atoms with Crippen LogP contribution in [0.3, 0.4) is 0 Å². The first-order valence-electron chi connectivity index (χ1n) is 3.79. The summed E-state index contributed by atoms with van der Waals surface area (Å²) in [6.07, 6.45) is 1.87. The summed E-state index contributed by atoms with van der Waals surface area (Å²) in [6.45, 7) is 0. The van der Waals surface area contributed by atoms with Gasteiger partial charge in [-0.2, -0.15) is 0 Å². The van der Waals surface area contributed by atoms with Crippen molar-refractivity contribution in [3.63, 3.8) is 0 Å². The molecule has 0 atom stereocenters. The van der Waals surface area contributed by atoms with Crippen LogP contribution in [-0.2, 0) is 0 Å². The minimum absolute atomic E-state index is 0.708. The summed E-state index contributed by atoms with van der Waals surface area (Å²) in [4.78, 5) is 0. The van der Waals surface area contributed by atoms with Gasteiger partial charge < -0.3 is 0 Å². The van der Waals surface area contributed by atoms with Gasteiger partial charge in [-0.15, -0.1) is 0 Å². The Morgan fingerprint density at radius 1 is 1.31 bits per heavy atom. The lowest BCUT2D eigenvalue weighted by Gasteiger charge is -2.01. The number of nitrogens with zero attached hydrogens (tertiary/aromatic N) is 1. The molecule has 0 amide bonds. The predicted molar refractivity (Wildman–Crippen MR) is 56.0 cm³/mol. The molecule has 1 N–H and O–H groups in total. The molecule has 0 aliphatic carbocycles. The maximum absolute atomic E-state index is 5.85. The van der Waals surface area contributed by atoms with Gasteiger partial charge in [0.25, 0.3) is 0 Å². The molecule has 0 saturated heterocycles. The van der Waals surface area contributed by atoms with Crippen molar-refractivity contribution in [2.24, 2.45) is 0 Å². The number of halogens is 1. The van der Waals surface area contributed by atoms with Crippen LogP contribution in [0.1, 0.15) is 0 Å². The van der Waals surface area contributed by atoms with Crippen molar-refractivity contribution in [1.82, 2.24) is 9.78 Å². The van der Waals surface area contributed by atoms with E-state index in [1.807, 2.05) is 41.2 Å². The zero-order valence-corrected chi connectivity index (χ0v) is 8.27. The Kier molecular flexibility index (Phi) is 2.20. The molecule has 0 aliphatic heterocycles. The first-order chi connectivity index (χ1) is 6.25. The first kappa shape index (κ1) is 8.53. The van der Waals surface area contributed by atoms with E-state index in [0.717, 1.165) is 5.69 Å². The lowest BCUT2D eigenvalue weighted by atomic mass is 10.3. The van der Waals surface area contributed by atoms with Crippen LogP contribution in [0.4, 0.5) is 0 Å². The Morgan fingerprint density at radius 3 is 2.77 bits per heavy atom. The summed E-state index contributed by atoms with van der Waals surface area (Å²) < 4.78 is 2.54. The molecule has 1 heterocycles. The van der Waals surface area contributed by atoms with E-state index < -0.39 is 0 Å². The topological polar surface area (TPSA) is 20.7 Å². The van der Waals surface area contributed by atoms with Crippen molar-refractivity contribution in [3.05, 3.63) is 46.2 Å². The maximum atomic E-state index is 5.85. The minimum atomic E-state index is 0.708. The average molecular weight is 211 g/mol. The number of aromatic amines is 1. The predicted octanol–water partition coefficient (Wildman–Crippen LogP) is 3.19. The van der Waals surface area contributed by atoms with E-state index in [1.165, 1.54) is 0 Å². The van der Waals surface area contributed by atoms with Crippen molar-refractivity contribution in [1.29, 1.82) is 0 Å². The SMILES string of the molecule is S=c1ccn(-c2cccc(Cl)c2)[nH]1. The van der Waals surface area contributed by atoms with Gasteiger partial charge in [-0.25, -0.2) is 0 Å². The second-order valence-corrected chi connectivity index (χ2v) is 3.52. The molecule has 66 valence electrons. The Balaban J connectivity index is 2.52. The van der Waals surface area contributed by atoms with Crippen LogP contribution >= 0.6 is 23.8 Å². The monoisotopic (exact) mass is 210 g/mol. The quantitative estimate of drug-likeness (QED) is 0.717. The Labute approximate surface area is 85.8 Å². The van der Waals surface area contributed by atoms with Gasteiger partial charge in [0, 0.05) is 11.2 Å². The Hall–Kier alpha value is -1.06. The van der Waals surface area contributed by atoms with Crippen LogP contribution < -0.4 is 0 Å². The van der Waals surface area contributed by atoms with Crippen molar-refractivity contribution < 1.29 is 0 Å². The lowest BCUT2D eigenvalue weighted by molar-refractivity contribution is 0.875. The second-order valence-electron chi connectivity index (χ2n) is 2.64. The zero-order chi connectivity index (χ0) is 9.26. The molecule has 2 nitrogen and oxygen atoms in total. The van der Waals surface area contributed by atoms with E-state index in [-0.39, 0.29) is 0 Å². The minimum Gasteiger partial charge on any atom is -0.284 e. The molecule has 1 aromatic heterocycles. The molecule has 0 unspecified atom stereocenters. The lowest BCUT2D eigenvalue weighted by Crippen LogP contribution is -1.93. The molecule has 0 spiro atoms. The second kappa shape index (κ2) is 3.36. The highest BCUT2D eigenvalue weighted by Crippen LogP contribution is 2.13. The van der Waals surface area contributed by atoms with Crippen molar-refractivity contribution in [2.45, 2.75) is 0 Å². The molecule has 0 radical (unpaired) electrons. The van der Waals surface area contributed by atoms with Crippen LogP contribution in [0.2, 0.25) is 5.02 Å². The van der Waals surface area contributed by atoms with Gasteiger partial charge in [0.05, 0.1) is 5.69 Å². The molecule has 0 bridgehead atoms. The van der Waals surface area contributed by atoms with Crippen LogP contribution in [-0.4, -0.2) is 9.78 Å². The number of hydrogen-bond acceptors (Lipinski definition) is 1. The van der Waals surface area contributed by atoms with Gasteiger partial charge in [0.2, 0.25) is 0 Å². The van der Waals surface area contributed by atoms with E-state index in [9.17, 15) is 0 Å². The summed E-state index contributed by atoms with van der Waals surface area (Å²) in [5, 5.41) is 3.71. The van der Waals surface area contributed by atoms with E-state index in [0.29, 0.717) is 9.66 Å². The van der Waals surface area contributed by atoms with Gasteiger partial charge in [0.15, 0.2) is 0 Å². The molecule has 4 heteroatoms. The van der Waals surface area contributed by atoms with Gasteiger partial charge in [0.1, 0.15) is 4.64 Å². The number of benzene rings is 1. The number of hydrogen-bond donors (Lipinski definition) is 1. The molecule has 0 aliphatic rings. The highest BCUT2D eigenvalue weighted by atomic mass is 35.5. The van der Waals surface area contributed by atoms with Gasteiger partial charge in [-0.1, -0.05) is 29.9 Å². The fourth-order valence-corrected chi connectivity index (χ4v) is 1.46. The number of H-pyrrole nitrogens is 1. The molecular formula is C9H7ClN2S. The fraction of sp³-hybridized carbons (Fsp3) is 0. The van der Waals surface area contributed by atoms with Crippen LogP contribution in [0.5, 0.6) is 0 Å². The first-order valence-corrected chi connectivity index (χ1v) is 4.58. The fourth-order valence-electron chi connectivity index (χ4n) is 1.11. The largest absolute Gasteiger partial charge is 0.284 e. The molecule has 2 aromatic rings. The van der Waals surface area contributed by atoms with Crippen LogP contribution in [0.25, 0.3) is 5.69 Å². The normalized spacial score (nSPS) is 10.2. The molecule has 0 fully saturated rings. The van der Waals surface area contributed by atoms with Crippen molar-refractivity contribution in [3.8, 4) is 5.69 Å². The Bertz CT molecular complexity index is 472. The van der Waals surface area contributed by atoms with Crippen molar-refractivity contribution >= 4 is 23.8 Å². The van der Waals surface area contributed by atoms with E-state index in [4.69, 9.17) is 23.8 Å². The number of aromatic nitrogens is 2. The third-order valence-electron chi connectivity index (χ3n) is 1.69. The number of rotatable bonds is 1. The van der Waals surface area contributed by atoms with Gasteiger partial charge >= 0.3 is 0 Å². The molecule has 13 heavy (non-hydrogen) atoms. The highest BCUT2D eigenvalue weighted by Gasteiger charge is 1.95. The summed E-state index contributed by atoms with van der Waals surface area (Å²) in [6, 6.07) is 9.39. The van der Waals surface area contributed by atoms with Crippen molar-refractivity contribution in [2.75, 3.05) is 0 Å². The smallest absolute Gasteiger partial charge is 0.119 e.